The van der Waals surface area contributed by atoms with Crippen molar-refractivity contribution in [1.29, 1.82) is 0 Å². The molecule has 130 valence electrons. The van der Waals surface area contributed by atoms with Crippen molar-refractivity contribution in [3.05, 3.63) is 64.0 Å². The van der Waals surface area contributed by atoms with Crippen LogP contribution in [0.4, 0.5) is 11.4 Å². The van der Waals surface area contributed by atoms with Gasteiger partial charge in [-0.3, -0.25) is 19.9 Å². The van der Waals surface area contributed by atoms with E-state index in [4.69, 9.17) is 0 Å². The first-order chi connectivity index (χ1) is 12.1. The van der Waals surface area contributed by atoms with Crippen molar-refractivity contribution in [2.45, 2.75) is 13.8 Å². The highest BCUT2D eigenvalue weighted by molar-refractivity contribution is 5.95. The molecule has 0 saturated carbocycles. The van der Waals surface area contributed by atoms with Crippen molar-refractivity contribution in [2.75, 3.05) is 18.0 Å². The van der Waals surface area contributed by atoms with Gasteiger partial charge >= 0.3 is 0 Å². The van der Waals surface area contributed by atoms with E-state index in [1.807, 2.05) is 13.8 Å². The van der Waals surface area contributed by atoms with Gasteiger partial charge in [-0.1, -0.05) is 0 Å². The minimum Gasteiger partial charge on any atom is -0.372 e. The third-order valence-electron chi connectivity index (χ3n) is 3.64. The van der Waals surface area contributed by atoms with E-state index in [1.165, 1.54) is 30.7 Å². The third kappa shape index (κ3) is 4.60. The van der Waals surface area contributed by atoms with E-state index in [2.05, 4.69) is 20.4 Å². The summed E-state index contributed by atoms with van der Waals surface area (Å²) < 4.78 is 0. The van der Waals surface area contributed by atoms with Crippen LogP contribution in [0.2, 0.25) is 0 Å². The van der Waals surface area contributed by atoms with E-state index in [9.17, 15) is 14.9 Å². The number of hydrogen-bond donors (Lipinski definition) is 1. The number of nitrogens with one attached hydrogen (secondary N) is 1. The molecular formula is C17H19N5O3. The smallest absolute Gasteiger partial charge is 0.271 e. The maximum atomic E-state index is 12.0. The highest BCUT2D eigenvalue weighted by Crippen LogP contribution is 2.24. The van der Waals surface area contributed by atoms with Crippen LogP contribution in [0.15, 0.2) is 47.8 Å². The molecule has 0 aliphatic heterocycles. The predicted octanol–water partition coefficient (Wildman–Crippen LogP) is 2.60. The van der Waals surface area contributed by atoms with Crippen LogP contribution in [-0.4, -0.2) is 35.1 Å². The Morgan fingerprint density at radius 3 is 2.56 bits per heavy atom. The molecule has 0 unspecified atom stereocenters. The average molecular weight is 341 g/mol. The molecule has 8 heteroatoms. The van der Waals surface area contributed by atoms with E-state index in [0.29, 0.717) is 11.1 Å². The van der Waals surface area contributed by atoms with Gasteiger partial charge in [0.2, 0.25) is 0 Å². The first-order valence-corrected chi connectivity index (χ1v) is 7.83. The first-order valence-electron chi connectivity index (χ1n) is 7.83. The topological polar surface area (TPSA) is 101 Å². The Hall–Kier alpha value is -3.29. The number of hydrogen-bond acceptors (Lipinski definition) is 6. The van der Waals surface area contributed by atoms with Crippen LogP contribution in [0.1, 0.15) is 29.8 Å². The van der Waals surface area contributed by atoms with Crippen LogP contribution >= 0.6 is 0 Å². The largest absolute Gasteiger partial charge is 0.372 e. The Labute approximate surface area is 145 Å². The summed E-state index contributed by atoms with van der Waals surface area (Å²) >= 11 is 0. The van der Waals surface area contributed by atoms with Gasteiger partial charge in [-0.25, -0.2) is 5.43 Å². The van der Waals surface area contributed by atoms with Gasteiger partial charge in [0.1, 0.15) is 0 Å². The molecule has 2 aromatic rings. The Kier molecular flexibility index (Phi) is 6.16. The molecular weight excluding hydrogens is 322 g/mol. The minimum atomic E-state index is -0.459. The Morgan fingerprint density at radius 1 is 1.28 bits per heavy atom. The van der Waals surface area contributed by atoms with Crippen LogP contribution in [0.25, 0.3) is 0 Å². The fraction of sp³-hybridized carbons (Fsp3) is 0.235. The summed E-state index contributed by atoms with van der Waals surface area (Å²) in [6.45, 7) is 5.49. The summed E-state index contributed by atoms with van der Waals surface area (Å²) in [5.74, 6) is -0.381. The van der Waals surface area contributed by atoms with E-state index >= 15 is 0 Å². The Bertz CT molecular complexity index is 773. The number of carbonyl (C=O) groups is 1. The number of nitro benzene ring substituents is 1. The number of aromatic nitrogens is 1. The Morgan fingerprint density at radius 2 is 1.96 bits per heavy atom. The zero-order valence-electron chi connectivity index (χ0n) is 14.0. The first kappa shape index (κ1) is 18.1. The predicted molar refractivity (Wildman–Crippen MR) is 96.0 cm³/mol. The van der Waals surface area contributed by atoms with Crippen LogP contribution in [-0.2, 0) is 0 Å². The number of non-ortho nitro benzene ring substituents is 1. The van der Waals surface area contributed by atoms with Gasteiger partial charge in [0.05, 0.1) is 11.1 Å². The average Bonchev–Trinajstić information content (AvgIpc) is 2.64. The molecule has 1 N–H and O–H groups in total. The number of hydrazone groups is 1. The van der Waals surface area contributed by atoms with Gasteiger partial charge in [0, 0.05) is 54.4 Å². The lowest BCUT2D eigenvalue weighted by Crippen LogP contribution is -2.23. The summed E-state index contributed by atoms with van der Waals surface area (Å²) in [6, 6.07) is 7.73. The standard InChI is InChI=1S/C17H19N5O3/c1-3-21(4-2)16-6-5-15(22(24)25)11-14(16)12-19-20-17(23)13-7-9-18-10-8-13/h5-12H,3-4H2,1-2H3,(H,20,23)/b19-12-. The molecule has 8 nitrogen and oxygen atoms in total. The lowest BCUT2D eigenvalue weighted by molar-refractivity contribution is -0.384. The van der Waals surface area contributed by atoms with Crippen molar-refractivity contribution in [3.63, 3.8) is 0 Å². The molecule has 1 aromatic carbocycles. The third-order valence-corrected chi connectivity index (χ3v) is 3.64. The van der Waals surface area contributed by atoms with E-state index in [0.717, 1.165) is 18.8 Å². The Balaban J connectivity index is 2.24. The molecule has 2 rings (SSSR count). The molecule has 0 aliphatic carbocycles. The van der Waals surface area contributed by atoms with Crippen molar-refractivity contribution >= 4 is 23.5 Å². The van der Waals surface area contributed by atoms with Gasteiger partial charge in [-0.2, -0.15) is 5.10 Å². The molecule has 1 aromatic heterocycles. The molecule has 0 radical (unpaired) electrons. The van der Waals surface area contributed by atoms with Crippen LogP contribution in [0, 0.1) is 10.1 Å². The van der Waals surface area contributed by atoms with Crippen LogP contribution < -0.4 is 10.3 Å². The minimum absolute atomic E-state index is 0.0298. The number of benzene rings is 1. The van der Waals surface area contributed by atoms with E-state index in [1.54, 1.807) is 18.2 Å². The van der Waals surface area contributed by atoms with Gasteiger partial charge < -0.3 is 4.90 Å². The molecule has 25 heavy (non-hydrogen) atoms. The van der Waals surface area contributed by atoms with Crippen LogP contribution in [0.3, 0.4) is 0 Å². The second kappa shape index (κ2) is 8.53. The van der Waals surface area contributed by atoms with Gasteiger partial charge in [-0.15, -0.1) is 0 Å². The van der Waals surface area contributed by atoms with Crippen LogP contribution in [0.5, 0.6) is 0 Å². The molecule has 0 bridgehead atoms. The maximum Gasteiger partial charge on any atom is 0.271 e. The number of nitrogens with zero attached hydrogens (tertiary/aromatic N) is 4. The molecule has 0 fully saturated rings. The fourth-order valence-corrected chi connectivity index (χ4v) is 2.34. The van der Waals surface area contributed by atoms with E-state index in [-0.39, 0.29) is 11.6 Å². The second-order valence-electron chi connectivity index (χ2n) is 5.11. The monoisotopic (exact) mass is 341 g/mol. The summed E-state index contributed by atoms with van der Waals surface area (Å²) in [5.41, 5.74) is 4.19. The zero-order valence-corrected chi connectivity index (χ0v) is 14.0. The van der Waals surface area contributed by atoms with Crippen molar-refractivity contribution in [3.8, 4) is 0 Å². The maximum absolute atomic E-state index is 12.0. The number of amides is 1. The summed E-state index contributed by atoms with van der Waals surface area (Å²) in [6.07, 6.45) is 4.44. The summed E-state index contributed by atoms with van der Waals surface area (Å²) in [5, 5.41) is 14.9. The summed E-state index contributed by atoms with van der Waals surface area (Å²) in [7, 11) is 0. The molecule has 0 aliphatic rings. The fourth-order valence-electron chi connectivity index (χ4n) is 2.34. The molecule has 0 spiro atoms. The molecule has 1 heterocycles. The highest BCUT2D eigenvalue weighted by atomic mass is 16.6. The molecule has 1 amide bonds. The highest BCUT2D eigenvalue weighted by Gasteiger charge is 2.13. The summed E-state index contributed by atoms with van der Waals surface area (Å²) in [4.78, 5) is 28.4. The number of nitro groups is 1. The number of pyridine rings is 1. The van der Waals surface area contributed by atoms with Crippen molar-refractivity contribution in [2.24, 2.45) is 5.10 Å². The van der Waals surface area contributed by atoms with Crippen molar-refractivity contribution < 1.29 is 9.72 Å². The van der Waals surface area contributed by atoms with Gasteiger partial charge in [0.25, 0.3) is 11.6 Å². The quantitative estimate of drug-likeness (QED) is 0.474. The van der Waals surface area contributed by atoms with Crippen molar-refractivity contribution in [1.82, 2.24) is 10.4 Å². The number of rotatable bonds is 7. The number of carbonyl (C=O) groups excluding carboxylic acids is 1. The zero-order chi connectivity index (χ0) is 18.2. The lowest BCUT2D eigenvalue weighted by atomic mass is 10.1. The lowest BCUT2D eigenvalue weighted by Gasteiger charge is -2.22. The molecule has 0 atom stereocenters. The second-order valence-corrected chi connectivity index (χ2v) is 5.11. The van der Waals surface area contributed by atoms with Gasteiger partial charge in [-0.05, 0) is 32.0 Å². The normalized spacial score (nSPS) is 10.6. The molecule has 0 saturated heterocycles. The van der Waals surface area contributed by atoms with E-state index < -0.39 is 4.92 Å². The SMILES string of the molecule is CCN(CC)c1ccc([N+](=O)[O-])cc1/C=N\NC(=O)c1ccncc1. The van der Waals surface area contributed by atoms with Gasteiger partial charge in [0.15, 0.2) is 0 Å². The number of anilines is 1.